The summed E-state index contributed by atoms with van der Waals surface area (Å²) < 4.78 is 41.5. The molecule has 1 N–H and O–H groups in total. The van der Waals surface area contributed by atoms with E-state index in [-0.39, 0.29) is 41.3 Å². The van der Waals surface area contributed by atoms with Crippen LogP contribution in [-0.2, 0) is 14.3 Å². The second-order valence-electron chi connectivity index (χ2n) is 10.0. The zero-order valence-electron chi connectivity index (χ0n) is 20.9. The summed E-state index contributed by atoms with van der Waals surface area (Å²) in [6.07, 6.45) is 5.22. The molecule has 0 radical (unpaired) electrons. The summed E-state index contributed by atoms with van der Waals surface area (Å²) in [5, 5.41) is 10.9. The van der Waals surface area contributed by atoms with Gasteiger partial charge in [0.05, 0.1) is 49.2 Å². The number of hydrogen-bond acceptors (Lipinski definition) is 8. The first-order valence-electron chi connectivity index (χ1n) is 13.0. The maximum absolute atomic E-state index is 13.9. The predicted octanol–water partition coefficient (Wildman–Crippen LogP) is 3.39. The van der Waals surface area contributed by atoms with E-state index in [1.54, 1.807) is 13.1 Å². The molecule has 3 aliphatic rings. The van der Waals surface area contributed by atoms with Crippen molar-refractivity contribution in [2.45, 2.75) is 63.6 Å². The van der Waals surface area contributed by atoms with Gasteiger partial charge in [0, 0.05) is 18.9 Å². The Balaban J connectivity index is 1.20. The molecule has 0 spiro atoms. The molecule has 3 fully saturated rings. The van der Waals surface area contributed by atoms with Gasteiger partial charge in [-0.1, -0.05) is 0 Å². The van der Waals surface area contributed by atoms with E-state index in [9.17, 15) is 18.4 Å². The van der Waals surface area contributed by atoms with E-state index >= 15 is 0 Å². The number of alkyl halides is 2. The second kappa shape index (κ2) is 9.93. The van der Waals surface area contributed by atoms with Crippen LogP contribution in [0.5, 0.6) is 0 Å². The number of morpholine rings is 1. The fourth-order valence-electron chi connectivity index (χ4n) is 5.74. The van der Waals surface area contributed by atoms with Crippen LogP contribution in [0.4, 0.5) is 20.3 Å². The first-order valence-corrected chi connectivity index (χ1v) is 13.0. The lowest BCUT2D eigenvalue weighted by Crippen LogP contribution is -2.37. The third-order valence-electron chi connectivity index (χ3n) is 7.70. The van der Waals surface area contributed by atoms with Gasteiger partial charge in [0.1, 0.15) is 11.4 Å². The van der Waals surface area contributed by atoms with Crippen molar-refractivity contribution in [1.29, 1.82) is 0 Å². The Hall–Kier alpha value is -3.61. The minimum Gasteiger partial charge on any atom is -0.466 e. The number of carbonyl (C=O) groups excluding carboxylic acids is 2. The number of nitrogens with one attached hydrogen (secondary N) is 1. The van der Waals surface area contributed by atoms with Crippen LogP contribution in [-0.4, -0.2) is 68.2 Å². The van der Waals surface area contributed by atoms with E-state index in [4.69, 9.17) is 9.47 Å². The second-order valence-corrected chi connectivity index (χ2v) is 10.0. The number of aromatic nitrogens is 5. The van der Waals surface area contributed by atoms with Crippen LogP contribution in [0.15, 0.2) is 24.7 Å². The van der Waals surface area contributed by atoms with Gasteiger partial charge in [-0.25, -0.2) is 18.3 Å². The average Bonchev–Trinajstić information content (AvgIpc) is 3.72. The molecule has 6 rings (SSSR count). The highest BCUT2D eigenvalue weighted by atomic mass is 19.3. The summed E-state index contributed by atoms with van der Waals surface area (Å²) in [5.74, 6) is -0.277. The molecule has 0 unspecified atom stereocenters. The molecule has 0 aromatic carbocycles. The smallest absolute Gasteiger partial charge is 0.308 e. The highest BCUT2D eigenvalue weighted by Crippen LogP contribution is 2.36. The van der Waals surface area contributed by atoms with Crippen molar-refractivity contribution in [2.75, 3.05) is 30.0 Å². The third kappa shape index (κ3) is 4.48. The van der Waals surface area contributed by atoms with Crippen molar-refractivity contribution in [3.05, 3.63) is 35.9 Å². The topological polar surface area (TPSA) is 116 Å². The molecule has 3 aromatic rings. The van der Waals surface area contributed by atoms with Crippen molar-refractivity contribution < 1.29 is 27.8 Å². The summed E-state index contributed by atoms with van der Waals surface area (Å²) in [5.41, 5.74) is -0.0339. The molecule has 202 valence electrons. The first kappa shape index (κ1) is 24.7. The number of amides is 1. The fourth-order valence-corrected chi connectivity index (χ4v) is 5.74. The van der Waals surface area contributed by atoms with E-state index in [1.165, 1.54) is 21.6 Å². The summed E-state index contributed by atoms with van der Waals surface area (Å²) in [4.78, 5) is 32.1. The van der Waals surface area contributed by atoms with E-state index < -0.39 is 18.0 Å². The Bertz CT molecular complexity index is 1350. The van der Waals surface area contributed by atoms with Gasteiger partial charge in [-0.2, -0.15) is 10.2 Å². The van der Waals surface area contributed by atoms with E-state index in [0.717, 1.165) is 18.8 Å². The van der Waals surface area contributed by atoms with Crippen LogP contribution in [0, 0.1) is 5.92 Å². The first-order chi connectivity index (χ1) is 18.4. The van der Waals surface area contributed by atoms with Gasteiger partial charge in [-0.15, -0.1) is 0 Å². The fraction of sp³-hybridized carbons (Fsp3) is 0.560. The zero-order chi connectivity index (χ0) is 26.4. The highest BCUT2D eigenvalue weighted by molar-refractivity contribution is 6.08. The largest absolute Gasteiger partial charge is 0.466 e. The van der Waals surface area contributed by atoms with E-state index in [2.05, 4.69) is 25.4 Å². The van der Waals surface area contributed by atoms with Crippen LogP contribution >= 0.6 is 0 Å². The summed E-state index contributed by atoms with van der Waals surface area (Å²) in [6.45, 7) is 3.48. The van der Waals surface area contributed by atoms with Gasteiger partial charge >= 0.3 is 5.97 Å². The standard InChI is InChI=1S/C25H29F2N7O4/c1-2-37-25(36)14-3-5-15(6-4-14)34-12-19(21(31-34)22(26)27)29-24(35)18-10-28-33-8-7-20(30-23(18)33)32-11-17-9-16(32)13-38-17/h7-8,10,12,14-17,22H,2-6,9,11,13H2,1H3,(H,29,35)/t14?,15?,16-,17-/m1/s1. The van der Waals surface area contributed by atoms with Crippen molar-refractivity contribution in [1.82, 2.24) is 24.4 Å². The van der Waals surface area contributed by atoms with Crippen molar-refractivity contribution in [3.8, 4) is 0 Å². The summed E-state index contributed by atoms with van der Waals surface area (Å²) in [7, 11) is 0. The SMILES string of the molecule is CCOC(=O)C1CCC(n2cc(NC(=O)c3cnn4ccc(N5C[C@H]6C[C@@H]5CO6)nc34)c(C(F)F)n2)CC1. The summed E-state index contributed by atoms with van der Waals surface area (Å²) >= 11 is 0. The molecule has 1 amide bonds. The Morgan fingerprint density at radius 3 is 2.74 bits per heavy atom. The molecular weight excluding hydrogens is 500 g/mol. The van der Waals surface area contributed by atoms with Gasteiger partial charge in [-0.3, -0.25) is 14.3 Å². The number of halogens is 2. The lowest BCUT2D eigenvalue weighted by Gasteiger charge is -2.27. The number of esters is 1. The molecule has 5 heterocycles. The minimum absolute atomic E-state index is 0.0537. The van der Waals surface area contributed by atoms with Gasteiger partial charge in [0.25, 0.3) is 12.3 Å². The van der Waals surface area contributed by atoms with Crippen molar-refractivity contribution in [2.24, 2.45) is 5.92 Å². The molecule has 38 heavy (non-hydrogen) atoms. The molecule has 13 heteroatoms. The number of carbonyl (C=O) groups is 2. The predicted molar refractivity (Wildman–Crippen MR) is 131 cm³/mol. The molecular formula is C25H29F2N7O4. The number of nitrogens with zero attached hydrogens (tertiary/aromatic N) is 6. The zero-order valence-corrected chi connectivity index (χ0v) is 20.9. The van der Waals surface area contributed by atoms with Crippen LogP contribution < -0.4 is 10.2 Å². The number of anilines is 2. The molecule has 3 aromatic heterocycles. The van der Waals surface area contributed by atoms with E-state index in [0.29, 0.717) is 44.5 Å². The van der Waals surface area contributed by atoms with Gasteiger partial charge < -0.3 is 19.7 Å². The number of ether oxygens (including phenoxy) is 2. The molecule has 11 nitrogen and oxygen atoms in total. The van der Waals surface area contributed by atoms with Crippen molar-refractivity contribution >= 4 is 29.0 Å². The Morgan fingerprint density at radius 1 is 1.24 bits per heavy atom. The molecule has 2 atom stereocenters. The maximum atomic E-state index is 13.9. The van der Waals surface area contributed by atoms with Gasteiger partial charge in [-0.05, 0) is 45.1 Å². The molecule has 2 aliphatic heterocycles. The van der Waals surface area contributed by atoms with E-state index in [1.807, 2.05) is 6.07 Å². The normalized spacial score (nSPS) is 24.9. The molecule has 1 aliphatic carbocycles. The van der Waals surface area contributed by atoms with Crippen LogP contribution in [0.2, 0.25) is 0 Å². The third-order valence-corrected chi connectivity index (χ3v) is 7.70. The average molecular weight is 530 g/mol. The van der Waals surface area contributed by atoms with Crippen LogP contribution in [0.1, 0.15) is 67.5 Å². The monoisotopic (exact) mass is 529 g/mol. The lowest BCUT2D eigenvalue weighted by molar-refractivity contribution is -0.149. The Labute approximate surface area is 217 Å². The Kier molecular flexibility index (Phi) is 6.46. The van der Waals surface area contributed by atoms with Gasteiger partial charge in [0.2, 0.25) is 0 Å². The Morgan fingerprint density at radius 2 is 2.05 bits per heavy atom. The molecule has 1 saturated carbocycles. The molecule has 2 bridgehead atoms. The highest BCUT2D eigenvalue weighted by Gasteiger charge is 2.40. The van der Waals surface area contributed by atoms with Gasteiger partial charge in [0.15, 0.2) is 11.3 Å². The van der Waals surface area contributed by atoms with Crippen LogP contribution in [0.25, 0.3) is 5.65 Å². The lowest BCUT2D eigenvalue weighted by atomic mass is 9.86. The maximum Gasteiger partial charge on any atom is 0.308 e. The quantitative estimate of drug-likeness (QED) is 0.463. The number of rotatable bonds is 7. The summed E-state index contributed by atoms with van der Waals surface area (Å²) in [6, 6.07) is 1.95. The van der Waals surface area contributed by atoms with Crippen molar-refractivity contribution in [3.63, 3.8) is 0 Å². The van der Waals surface area contributed by atoms with Crippen LogP contribution in [0.3, 0.4) is 0 Å². The number of hydrogen-bond donors (Lipinski definition) is 1. The minimum atomic E-state index is -2.87. The molecule has 2 saturated heterocycles. The number of fused-ring (bicyclic) bond motifs is 3.